The summed E-state index contributed by atoms with van der Waals surface area (Å²) < 4.78 is 0. The van der Waals surface area contributed by atoms with Crippen LogP contribution in [-0.4, -0.2) is 73.0 Å². The van der Waals surface area contributed by atoms with Crippen LogP contribution in [0.1, 0.15) is 49.2 Å². The number of nitrogens with zero attached hydrogens (tertiary/aromatic N) is 5. The number of hydrogen-bond acceptors (Lipinski definition) is 11. The van der Waals surface area contributed by atoms with Gasteiger partial charge in [0.05, 0.1) is 24.5 Å². The van der Waals surface area contributed by atoms with E-state index < -0.39 is 35.8 Å². The summed E-state index contributed by atoms with van der Waals surface area (Å²) in [5, 5.41) is 22.9. The summed E-state index contributed by atoms with van der Waals surface area (Å²) in [6.07, 6.45) is 1.64. The van der Waals surface area contributed by atoms with Crippen LogP contribution >= 0.6 is 0 Å². The molecule has 3 aromatic rings. The van der Waals surface area contributed by atoms with Crippen molar-refractivity contribution in [1.82, 2.24) is 25.3 Å². The average molecular weight is 568 g/mol. The normalized spacial score (nSPS) is 13.2. The zero-order valence-electron chi connectivity index (χ0n) is 22.9. The largest absolute Gasteiger partial charge is 0.481 e. The van der Waals surface area contributed by atoms with E-state index in [1.807, 2.05) is 18.7 Å². The van der Waals surface area contributed by atoms with Gasteiger partial charge < -0.3 is 31.9 Å². The van der Waals surface area contributed by atoms with E-state index >= 15 is 0 Å². The highest BCUT2D eigenvalue weighted by Crippen LogP contribution is 2.20. The topological polar surface area (TPSA) is 240 Å². The number of carbonyl (C=O) groups excluding carboxylic acids is 2. The minimum Gasteiger partial charge on any atom is -0.481 e. The number of carbonyl (C=O) groups is 4. The summed E-state index contributed by atoms with van der Waals surface area (Å²) in [5.41, 5.74) is 14.0. The number of carboxylic acids is 2. The Morgan fingerprint density at radius 2 is 1.76 bits per heavy atom. The van der Waals surface area contributed by atoms with Gasteiger partial charge in [-0.1, -0.05) is 20.3 Å². The molecule has 8 N–H and O–H groups in total. The van der Waals surface area contributed by atoms with Crippen LogP contribution in [0.2, 0.25) is 0 Å². The molecule has 15 heteroatoms. The molecule has 0 saturated heterocycles. The number of amides is 2. The lowest BCUT2D eigenvalue weighted by Gasteiger charge is -2.20. The third kappa shape index (κ3) is 8.04. The number of aliphatic carboxylic acids is 2. The third-order valence-electron chi connectivity index (χ3n) is 6.50. The van der Waals surface area contributed by atoms with E-state index in [4.69, 9.17) is 16.6 Å². The highest BCUT2D eigenvalue weighted by molar-refractivity contribution is 5.97. The number of carboxylic acid groups (broad SMARTS) is 2. The number of fused-ring (bicyclic) bond motifs is 1. The van der Waals surface area contributed by atoms with Crippen molar-refractivity contribution >= 4 is 52.4 Å². The van der Waals surface area contributed by atoms with Crippen LogP contribution in [0.5, 0.6) is 0 Å². The summed E-state index contributed by atoms with van der Waals surface area (Å²) in [4.78, 5) is 66.0. The summed E-state index contributed by atoms with van der Waals surface area (Å²) >= 11 is 0. The van der Waals surface area contributed by atoms with Gasteiger partial charge in [0, 0.05) is 24.7 Å². The number of hydrogen-bond donors (Lipinski definition) is 6. The molecule has 0 aliphatic heterocycles. The Bertz CT molecular complexity index is 1430. The van der Waals surface area contributed by atoms with E-state index in [0.717, 1.165) is 12.1 Å². The highest BCUT2D eigenvalue weighted by Gasteiger charge is 2.23. The van der Waals surface area contributed by atoms with Crippen LogP contribution in [0.25, 0.3) is 11.2 Å². The maximum absolute atomic E-state index is 12.5. The molecule has 2 heterocycles. The molecule has 3 rings (SSSR count). The first-order chi connectivity index (χ1) is 19.4. The molecule has 0 fully saturated rings. The number of aromatic nitrogens is 4. The number of nitrogens with two attached hydrogens (primary N) is 2. The van der Waals surface area contributed by atoms with Crippen molar-refractivity contribution in [3.05, 3.63) is 41.7 Å². The Hall–Kier alpha value is -4.92. The van der Waals surface area contributed by atoms with Gasteiger partial charge in [0.15, 0.2) is 17.0 Å². The lowest BCUT2D eigenvalue weighted by atomic mass is 10.00. The third-order valence-corrected chi connectivity index (χ3v) is 6.50. The molecular formula is C26H33N9O6. The molecule has 2 amide bonds. The molecule has 218 valence electrons. The zero-order valence-corrected chi connectivity index (χ0v) is 22.9. The second-order valence-electron chi connectivity index (χ2n) is 9.57. The minimum absolute atomic E-state index is 0.0152. The summed E-state index contributed by atoms with van der Waals surface area (Å²) in [7, 11) is 1.80. The van der Waals surface area contributed by atoms with Crippen LogP contribution < -0.4 is 27.0 Å². The van der Waals surface area contributed by atoms with Crippen LogP contribution in [0.15, 0.2) is 30.5 Å². The van der Waals surface area contributed by atoms with Crippen molar-refractivity contribution in [1.29, 1.82) is 0 Å². The molecule has 1 aromatic carbocycles. The molecule has 0 bridgehead atoms. The molecule has 0 radical (unpaired) electrons. The van der Waals surface area contributed by atoms with Gasteiger partial charge in [0.2, 0.25) is 11.9 Å². The van der Waals surface area contributed by atoms with Gasteiger partial charge in [-0.15, -0.1) is 0 Å². The van der Waals surface area contributed by atoms with Crippen molar-refractivity contribution in [2.45, 2.75) is 51.7 Å². The van der Waals surface area contributed by atoms with Crippen molar-refractivity contribution in [2.75, 3.05) is 23.0 Å². The van der Waals surface area contributed by atoms with Gasteiger partial charge in [-0.2, -0.15) is 9.97 Å². The number of anilines is 3. The van der Waals surface area contributed by atoms with Crippen molar-refractivity contribution in [2.24, 2.45) is 11.7 Å². The molecule has 2 aromatic heterocycles. The molecule has 3 atom stereocenters. The number of nitrogen functional groups attached to an aromatic ring is 1. The van der Waals surface area contributed by atoms with E-state index in [1.165, 1.54) is 18.3 Å². The van der Waals surface area contributed by atoms with Gasteiger partial charge >= 0.3 is 11.9 Å². The van der Waals surface area contributed by atoms with Crippen molar-refractivity contribution in [3.63, 3.8) is 0 Å². The lowest BCUT2D eigenvalue weighted by Crippen LogP contribution is -2.41. The zero-order chi connectivity index (χ0) is 30.3. The summed E-state index contributed by atoms with van der Waals surface area (Å²) in [6, 6.07) is 4.35. The van der Waals surface area contributed by atoms with E-state index in [9.17, 15) is 24.3 Å². The highest BCUT2D eigenvalue weighted by atomic mass is 16.4. The molecule has 0 spiro atoms. The Morgan fingerprint density at radius 3 is 2.37 bits per heavy atom. The van der Waals surface area contributed by atoms with Gasteiger partial charge in [-0.25, -0.2) is 14.8 Å². The number of nitrogens with one attached hydrogen (secondary N) is 2. The monoisotopic (exact) mass is 567 g/mol. The van der Waals surface area contributed by atoms with Crippen molar-refractivity contribution < 1.29 is 29.4 Å². The predicted molar refractivity (Wildman–Crippen MR) is 150 cm³/mol. The van der Waals surface area contributed by atoms with E-state index in [0.29, 0.717) is 12.2 Å². The van der Waals surface area contributed by atoms with Gasteiger partial charge in [-0.05, 0) is 36.6 Å². The average Bonchev–Trinajstić information content (AvgIpc) is 2.94. The van der Waals surface area contributed by atoms with Crippen LogP contribution in [0, 0.1) is 5.92 Å². The maximum atomic E-state index is 12.5. The SMILES string of the molecule is CCC(C)[C@H](N)C(=O)Nc1nc(N)c2nc(CN(C)c3ccc(C(=O)N[C@@H](CCC(=O)O)C(=O)O)cc3)cnc2n1. The van der Waals surface area contributed by atoms with E-state index in [2.05, 4.69) is 30.6 Å². The maximum Gasteiger partial charge on any atom is 0.326 e. The Labute approximate surface area is 235 Å². The number of rotatable bonds is 13. The summed E-state index contributed by atoms with van der Waals surface area (Å²) in [5.74, 6) is -3.53. The second kappa shape index (κ2) is 13.4. The van der Waals surface area contributed by atoms with E-state index in [1.54, 1.807) is 19.2 Å². The van der Waals surface area contributed by atoms with Crippen LogP contribution in [-0.2, 0) is 20.9 Å². The van der Waals surface area contributed by atoms with E-state index in [-0.39, 0.29) is 47.3 Å². The van der Waals surface area contributed by atoms with Gasteiger partial charge in [0.25, 0.3) is 5.91 Å². The Kier molecular flexibility index (Phi) is 10.0. The summed E-state index contributed by atoms with van der Waals surface area (Å²) in [6.45, 7) is 4.12. The minimum atomic E-state index is -1.32. The standard InChI is InChI=1S/C26H33N9O6/c1-4-13(2)19(27)24(39)34-26-32-21(28)20-22(33-26)29-11-15(30-20)12-35(3)16-7-5-14(6-8-16)23(38)31-17(25(40)41)9-10-18(36)37/h5-8,11,13,17,19H,4,9-10,12,27H2,1-3H3,(H,31,38)(H,36,37)(H,40,41)(H3,28,29,32,33,34,39)/t13?,17-,19-/m0/s1. The fourth-order valence-electron chi connectivity index (χ4n) is 3.77. The second-order valence-corrected chi connectivity index (χ2v) is 9.57. The fraction of sp³-hybridized carbons (Fsp3) is 0.385. The molecule has 15 nitrogen and oxygen atoms in total. The first-order valence-electron chi connectivity index (χ1n) is 12.8. The van der Waals surface area contributed by atoms with Gasteiger partial charge in [-0.3, -0.25) is 19.7 Å². The smallest absolute Gasteiger partial charge is 0.326 e. The molecular weight excluding hydrogens is 534 g/mol. The fourth-order valence-corrected chi connectivity index (χ4v) is 3.77. The Balaban J connectivity index is 1.67. The first-order valence-corrected chi connectivity index (χ1v) is 12.8. The molecule has 1 unspecified atom stereocenters. The van der Waals surface area contributed by atoms with Crippen molar-refractivity contribution in [3.8, 4) is 0 Å². The molecule has 0 aliphatic rings. The molecule has 0 saturated carbocycles. The molecule has 0 aliphatic carbocycles. The predicted octanol–water partition coefficient (Wildman–Crippen LogP) is 0.998. The van der Waals surface area contributed by atoms with Gasteiger partial charge in [0.1, 0.15) is 6.04 Å². The first kappa shape index (κ1) is 30.6. The molecule has 41 heavy (non-hydrogen) atoms. The quantitative estimate of drug-likeness (QED) is 0.169. The number of benzene rings is 1. The van der Waals surface area contributed by atoms with Crippen LogP contribution in [0.4, 0.5) is 17.5 Å². The Morgan fingerprint density at radius 1 is 1.07 bits per heavy atom. The lowest BCUT2D eigenvalue weighted by molar-refractivity contribution is -0.140. The van der Waals surface area contributed by atoms with Crippen LogP contribution in [0.3, 0.4) is 0 Å².